The second-order valence-corrected chi connectivity index (χ2v) is 5.68. The average molecular weight is 286 g/mol. The molecule has 1 atom stereocenters. The van der Waals surface area contributed by atoms with Crippen molar-refractivity contribution in [2.24, 2.45) is 0 Å². The van der Waals surface area contributed by atoms with Crippen LogP contribution >= 0.6 is 0 Å². The van der Waals surface area contributed by atoms with E-state index in [1.807, 2.05) is 0 Å². The molecule has 0 aromatic heterocycles. The Labute approximate surface area is 94.5 Å². The highest BCUT2D eigenvalue weighted by molar-refractivity contribution is 7.86. The first-order valence-corrected chi connectivity index (χ1v) is 5.62. The largest absolute Gasteiger partial charge is 0.421 e. The van der Waals surface area contributed by atoms with E-state index < -0.39 is 33.3 Å². The molecule has 0 aliphatic rings. The van der Waals surface area contributed by atoms with E-state index in [2.05, 4.69) is 4.74 Å². The van der Waals surface area contributed by atoms with Gasteiger partial charge in [-0.05, 0) is 20.8 Å². The summed E-state index contributed by atoms with van der Waals surface area (Å²) in [5.41, 5.74) is -1.67. The molecule has 0 saturated heterocycles. The smallest absolute Gasteiger partial charge is 0.356 e. The Hall–Kier alpha value is -0.480. The van der Waals surface area contributed by atoms with Crippen molar-refractivity contribution in [2.75, 3.05) is 0 Å². The maximum atomic E-state index is 12.9. The van der Waals surface area contributed by atoms with Gasteiger partial charge in [0.15, 0.2) is 0 Å². The third-order valence-electron chi connectivity index (χ3n) is 1.42. The van der Waals surface area contributed by atoms with Gasteiger partial charge in [0.2, 0.25) is 6.10 Å². The third kappa shape index (κ3) is 4.36. The molecular weight excluding hydrogens is 275 g/mol. The minimum atomic E-state index is -6.24. The molecule has 1 N–H and O–H groups in total. The van der Waals surface area contributed by atoms with Gasteiger partial charge < -0.3 is 4.74 Å². The topological polar surface area (TPSA) is 63.6 Å². The maximum absolute atomic E-state index is 12.9. The van der Waals surface area contributed by atoms with Crippen molar-refractivity contribution >= 4 is 10.1 Å². The molecule has 0 spiro atoms. The monoisotopic (exact) mass is 286 g/mol. The van der Waals surface area contributed by atoms with Gasteiger partial charge in [-0.3, -0.25) is 4.55 Å². The molecule has 17 heavy (non-hydrogen) atoms. The highest BCUT2D eigenvalue weighted by atomic mass is 32.2. The van der Waals surface area contributed by atoms with Crippen LogP contribution in [0.2, 0.25) is 0 Å². The molecule has 0 aliphatic carbocycles. The van der Waals surface area contributed by atoms with Crippen LogP contribution in [-0.2, 0) is 14.9 Å². The van der Waals surface area contributed by atoms with Crippen molar-refractivity contribution < 1.29 is 39.7 Å². The van der Waals surface area contributed by atoms with Crippen molar-refractivity contribution in [3.63, 3.8) is 0 Å². The predicted octanol–water partition coefficient (Wildman–Crippen LogP) is 2.21. The summed E-state index contributed by atoms with van der Waals surface area (Å²) in [6.07, 6.45) is -9.59. The normalized spacial score (nSPS) is 17.0. The van der Waals surface area contributed by atoms with Crippen LogP contribution in [0.25, 0.3) is 0 Å². The minimum absolute atomic E-state index is 1.03. The summed E-state index contributed by atoms with van der Waals surface area (Å²) in [7, 11) is -6.24. The van der Waals surface area contributed by atoms with Crippen LogP contribution in [0.1, 0.15) is 20.8 Å². The first-order valence-electron chi connectivity index (χ1n) is 4.18. The Morgan fingerprint density at radius 1 is 1.06 bits per heavy atom. The Morgan fingerprint density at radius 3 is 1.59 bits per heavy atom. The molecule has 1 unspecified atom stereocenters. The molecule has 0 fully saturated rings. The summed E-state index contributed by atoms with van der Waals surface area (Å²) in [5.74, 6) is 0. The van der Waals surface area contributed by atoms with Crippen molar-refractivity contribution in [1.82, 2.24) is 0 Å². The number of halogens is 5. The summed E-state index contributed by atoms with van der Waals surface area (Å²) < 4.78 is 95.4. The zero-order chi connectivity index (χ0) is 14.3. The van der Waals surface area contributed by atoms with E-state index in [4.69, 9.17) is 4.55 Å². The Kier molecular flexibility index (Phi) is 4.20. The van der Waals surface area contributed by atoms with Crippen molar-refractivity contribution in [2.45, 2.75) is 43.9 Å². The number of hydrogen-bond acceptors (Lipinski definition) is 3. The second kappa shape index (κ2) is 4.32. The fourth-order valence-corrected chi connectivity index (χ4v) is 1.27. The van der Waals surface area contributed by atoms with Crippen LogP contribution in [0.4, 0.5) is 22.0 Å². The zero-order valence-corrected chi connectivity index (χ0v) is 9.86. The van der Waals surface area contributed by atoms with Crippen molar-refractivity contribution in [3.8, 4) is 0 Å². The van der Waals surface area contributed by atoms with E-state index in [1.165, 1.54) is 0 Å². The van der Waals surface area contributed by atoms with Crippen LogP contribution in [0.15, 0.2) is 0 Å². The summed E-state index contributed by atoms with van der Waals surface area (Å²) in [4.78, 5) is 0. The van der Waals surface area contributed by atoms with Gasteiger partial charge >= 0.3 is 21.5 Å². The minimum Gasteiger partial charge on any atom is -0.356 e. The lowest BCUT2D eigenvalue weighted by atomic mass is 10.2. The van der Waals surface area contributed by atoms with Crippen LogP contribution in [0, 0.1) is 0 Å². The fourth-order valence-electron chi connectivity index (χ4n) is 0.815. The molecule has 104 valence electrons. The lowest BCUT2D eigenvalue weighted by Gasteiger charge is -2.32. The molecule has 0 radical (unpaired) electrons. The van der Waals surface area contributed by atoms with E-state index >= 15 is 0 Å². The Balaban J connectivity index is 5.52. The van der Waals surface area contributed by atoms with Gasteiger partial charge in [0.05, 0.1) is 5.60 Å². The van der Waals surface area contributed by atoms with Gasteiger partial charge in [0, 0.05) is 0 Å². The number of alkyl halides is 5. The first-order chi connectivity index (χ1) is 7.09. The first kappa shape index (κ1) is 16.5. The number of ether oxygens (including phenoxy) is 1. The molecule has 4 nitrogen and oxygen atoms in total. The molecule has 0 aromatic rings. The molecule has 0 heterocycles. The summed E-state index contributed by atoms with van der Waals surface area (Å²) in [6, 6.07) is 0. The summed E-state index contributed by atoms with van der Waals surface area (Å²) in [5, 5.41) is -5.47. The van der Waals surface area contributed by atoms with Crippen LogP contribution in [-0.4, -0.2) is 36.1 Å². The number of rotatable bonds is 3. The predicted molar refractivity (Wildman–Crippen MR) is 47.2 cm³/mol. The molecule has 0 aromatic carbocycles. The molecule has 0 bridgehead atoms. The Morgan fingerprint density at radius 2 is 1.41 bits per heavy atom. The van der Waals surface area contributed by atoms with Crippen LogP contribution in [0.3, 0.4) is 0 Å². The molecular formula is C7H11F5O4S. The number of hydrogen-bond donors (Lipinski definition) is 1. The van der Waals surface area contributed by atoms with Gasteiger partial charge in [0.1, 0.15) is 0 Å². The molecule has 0 aliphatic heterocycles. The third-order valence-corrected chi connectivity index (χ3v) is 2.32. The lowest BCUT2D eigenvalue weighted by molar-refractivity contribution is -0.287. The van der Waals surface area contributed by atoms with E-state index in [0.717, 1.165) is 20.8 Å². The lowest BCUT2D eigenvalue weighted by Crippen LogP contribution is -2.53. The van der Waals surface area contributed by atoms with Gasteiger partial charge in [-0.1, -0.05) is 0 Å². The zero-order valence-electron chi connectivity index (χ0n) is 9.05. The van der Waals surface area contributed by atoms with Gasteiger partial charge in [-0.2, -0.15) is 30.4 Å². The highest BCUT2D eigenvalue weighted by Gasteiger charge is 2.65. The average Bonchev–Trinajstić information content (AvgIpc) is 1.93. The standard InChI is InChI=1S/C7H11F5O4S/c1-5(2,3)16-4(6(8,9)10)7(11,12)17(13,14)15/h4H,1-3H3,(H,13,14,15). The Bertz CT molecular complexity index is 367. The van der Waals surface area contributed by atoms with Crippen LogP contribution < -0.4 is 0 Å². The summed E-state index contributed by atoms with van der Waals surface area (Å²) in [6.45, 7) is 3.10. The molecule has 10 heteroatoms. The van der Waals surface area contributed by atoms with Gasteiger partial charge in [0.25, 0.3) is 0 Å². The highest BCUT2D eigenvalue weighted by Crippen LogP contribution is 2.39. The van der Waals surface area contributed by atoms with Crippen molar-refractivity contribution in [3.05, 3.63) is 0 Å². The molecule has 0 rings (SSSR count). The SMILES string of the molecule is CC(C)(C)OC(C(F)(F)F)C(F)(F)S(=O)(=O)O. The summed E-state index contributed by atoms with van der Waals surface area (Å²) >= 11 is 0. The van der Waals surface area contributed by atoms with Crippen molar-refractivity contribution in [1.29, 1.82) is 0 Å². The quantitative estimate of drug-likeness (QED) is 0.638. The van der Waals surface area contributed by atoms with E-state index in [-0.39, 0.29) is 0 Å². The molecule has 0 amide bonds. The fraction of sp³-hybridized carbons (Fsp3) is 1.00. The second-order valence-electron chi connectivity index (χ2n) is 4.19. The maximum Gasteiger partial charge on any atom is 0.421 e. The van der Waals surface area contributed by atoms with Gasteiger partial charge in [-0.25, -0.2) is 0 Å². The molecule has 0 saturated carbocycles. The van der Waals surface area contributed by atoms with Crippen LogP contribution in [0.5, 0.6) is 0 Å². The van der Waals surface area contributed by atoms with Gasteiger partial charge in [-0.15, -0.1) is 0 Å². The van der Waals surface area contributed by atoms with E-state index in [1.54, 1.807) is 0 Å². The van der Waals surface area contributed by atoms with E-state index in [9.17, 15) is 30.4 Å². The van der Waals surface area contributed by atoms with E-state index in [0.29, 0.717) is 0 Å².